The van der Waals surface area contributed by atoms with E-state index in [0.717, 1.165) is 31.4 Å². The first-order valence-corrected chi connectivity index (χ1v) is 17.2. The van der Waals surface area contributed by atoms with E-state index < -0.39 is 35.0 Å². The van der Waals surface area contributed by atoms with Crippen molar-refractivity contribution in [2.24, 2.45) is 5.92 Å². The SMILES string of the molecule is COCOc1cc(Cl)c([C@H]2C[C@H]2C)c(-c2ncc3c(N4CCC[C@]5(C4)NC(=O)NC5=O)nc(OC[C@@]45CCCN4C[C@H](F)C5)nc3c2F)c1. The van der Waals surface area contributed by atoms with Crippen LogP contribution in [0.2, 0.25) is 5.02 Å². The highest BCUT2D eigenvalue weighted by Crippen LogP contribution is 2.53. The molecule has 4 aliphatic heterocycles. The van der Waals surface area contributed by atoms with Gasteiger partial charge < -0.3 is 24.4 Å². The van der Waals surface area contributed by atoms with Gasteiger partial charge in [0.2, 0.25) is 0 Å². The van der Waals surface area contributed by atoms with Crippen LogP contribution in [0.25, 0.3) is 22.2 Å². The summed E-state index contributed by atoms with van der Waals surface area (Å²) in [6.45, 7) is 4.00. The summed E-state index contributed by atoms with van der Waals surface area (Å²) >= 11 is 6.81. The maximum Gasteiger partial charge on any atom is 0.322 e. The molecule has 2 N–H and O–H groups in total. The normalized spacial score (nSPS) is 29.4. The molecule has 3 aromatic rings. The molecule has 12 nitrogen and oxygen atoms in total. The van der Waals surface area contributed by atoms with Gasteiger partial charge in [0.15, 0.2) is 12.6 Å². The Labute approximate surface area is 286 Å². The maximum absolute atomic E-state index is 17.1. The summed E-state index contributed by atoms with van der Waals surface area (Å²) < 4.78 is 48.7. The number of imide groups is 1. The fourth-order valence-electron chi connectivity index (χ4n) is 8.31. The lowest BCUT2D eigenvalue weighted by Gasteiger charge is -2.39. The third-order valence-electron chi connectivity index (χ3n) is 10.9. The first-order valence-electron chi connectivity index (χ1n) is 16.8. The van der Waals surface area contributed by atoms with Gasteiger partial charge in [-0.1, -0.05) is 18.5 Å². The quantitative estimate of drug-likeness (QED) is 0.239. The monoisotopic (exact) mass is 697 g/mol. The smallest absolute Gasteiger partial charge is 0.322 e. The van der Waals surface area contributed by atoms with Gasteiger partial charge >= 0.3 is 12.0 Å². The number of methoxy groups -OCH3 is 1. The number of urea groups is 1. The Morgan fingerprint density at radius 2 is 1.96 bits per heavy atom. The number of hydrogen-bond acceptors (Lipinski definition) is 10. The summed E-state index contributed by atoms with van der Waals surface area (Å²) in [6.07, 6.45) is 4.56. The van der Waals surface area contributed by atoms with Crippen molar-refractivity contribution >= 4 is 40.3 Å². The molecule has 0 radical (unpaired) electrons. The van der Waals surface area contributed by atoms with Crippen LogP contribution in [0.15, 0.2) is 18.3 Å². The van der Waals surface area contributed by atoms with Crippen LogP contribution in [0, 0.1) is 11.7 Å². The molecule has 49 heavy (non-hydrogen) atoms. The summed E-state index contributed by atoms with van der Waals surface area (Å²) in [7, 11) is 1.51. The number of pyridine rings is 1. The number of fused-ring (bicyclic) bond motifs is 2. The largest absolute Gasteiger partial charge is 0.467 e. The van der Waals surface area contributed by atoms with Gasteiger partial charge in [0, 0.05) is 43.4 Å². The average Bonchev–Trinajstić information content (AvgIpc) is 3.37. The number of piperidine rings is 1. The van der Waals surface area contributed by atoms with E-state index in [9.17, 15) is 14.0 Å². The molecule has 8 rings (SSSR count). The summed E-state index contributed by atoms with van der Waals surface area (Å²) in [6, 6.07) is 2.81. The lowest BCUT2D eigenvalue weighted by Crippen LogP contribution is -2.58. The minimum atomic E-state index is -1.15. The molecule has 260 valence electrons. The van der Waals surface area contributed by atoms with E-state index >= 15 is 4.39 Å². The molecule has 0 bridgehead atoms. The topological polar surface area (TPSA) is 131 Å². The lowest BCUT2D eigenvalue weighted by molar-refractivity contribution is -0.124. The highest BCUT2D eigenvalue weighted by Gasteiger charge is 2.51. The molecule has 6 heterocycles. The number of carbonyl (C=O) groups is 2. The summed E-state index contributed by atoms with van der Waals surface area (Å²) in [5.41, 5.74) is -0.309. The van der Waals surface area contributed by atoms with Gasteiger partial charge in [-0.25, -0.2) is 13.6 Å². The third-order valence-corrected chi connectivity index (χ3v) is 11.2. The molecule has 1 spiro atoms. The number of hydrogen-bond donors (Lipinski definition) is 2. The molecular weight excluding hydrogens is 660 g/mol. The van der Waals surface area contributed by atoms with Gasteiger partial charge in [0.25, 0.3) is 5.91 Å². The second-order valence-electron chi connectivity index (χ2n) is 14.1. The summed E-state index contributed by atoms with van der Waals surface area (Å²) in [5, 5.41) is 5.90. The first-order chi connectivity index (χ1) is 23.6. The molecule has 3 amide bonds. The number of amides is 3. The molecule has 1 saturated carbocycles. The van der Waals surface area contributed by atoms with E-state index in [1.807, 2.05) is 4.90 Å². The zero-order valence-corrected chi connectivity index (χ0v) is 28.1. The van der Waals surface area contributed by atoms with Crippen LogP contribution in [0.5, 0.6) is 11.8 Å². The number of ether oxygens (including phenoxy) is 3. The number of nitrogens with zero attached hydrogens (tertiary/aromatic N) is 5. The number of benzene rings is 1. The van der Waals surface area contributed by atoms with Gasteiger partial charge in [0.05, 0.1) is 17.5 Å². The number of aromatic nitrogens is 3. The van der Waals surface area contributed by atoms with Crippen molar-refractivity contribution < 1.29 is 32.6 Å². The molecule has 15 heteroatoms. The predicted molar refractivity (Wildman–Crippen MR) is 176 cm³/mol. The van der Waals surface area contributed by atoms with Crippen molar-refractivity contribution in [3.8, 4) is 23.0 Å². The van der Waals surface area contributed by atoms with E-state index in [1.165, 1.54) is 13.3 Å². The van der Waals surface area contributed by atoms with Crippen LogP contribution in [0.3, 0.4) is 0 Å². The maximum atomic E-state index is 17.1. The van der Waals surface area contributed by atoms with E-state index in [-0.39, 0.29) is 43.1 Å². The van der Waals surface area contributed by atoms with Gasteiger partial charge in [0.1, 0.15) is 41.1 Å². The highest BCUT2D eigenvalue weighted by atomic mass is 35.5. The van der Waals surface area contributed by atoms with E-state index in [2.05, 4.69) is 32.4 Å². The number of carbonyl (C=O) groups excluding carboxylic acids is 2. The average molecular weight is 698 g/mol. The van der Waals surface area contributed by atoms with Crippen LogP contribution in [0.1, 0.15) is 56.9 Å². The zero-order chi connectivity index (χ0) is 34.1. The summed E-state index contributed by atoms with van der Waals surface area (Å²) in [5.74, 6) is 0.129. The second-order valence-corrected chi connectivity index (χ2v) is 14.5. The standard InChI is InChI=1S/C34H38ClF2N7O5/c1-18-9-21(18)25-22(10-20(11-24(25)35)49-17-47-2)27-26(37)28-23(13-38-27)29(43-7-4-6-34(15-43)30(45)41-31(46)42-34)40-32(39-28)48-16-33-5-3-8-44(33)14-19(36)12-33/h10-11,13,18-19,21H,3-9,12,14-17H2,1-2H3,(H2,41,42,45,46)/t18-,19-,21+,33+,34-/m1/s1. The van der Waals surface area contributed by atoms with Crippen molar-refractivity contribution in [1.82, 2.24) is 30.5 Å². The first kappa shape index (κ1) is 32.3. The van der Waals surface area contributed by atoms with Crippen LogP contribution >= 0.6 is 11.6 Å². The van der Waals surface area contributed by atoms with Crippen LogP contribution in [-0.2, 0) is 9.53 Å². The Balaban J connectivity index is 1.24. The van der Waals surface area contributed by atoms with Crippen molar-refractivity contribution in [3.63, 3.8) is 0 Å². The van der Waals surface area contributed by atoms with Crippen molar-refractivity contribution in [1.29, 1.82) is 0 Å². The number of nitrogens with one attached hydrogen (secondary N) is 2. The predicted octanol–water partition coefficient (Wildman–Crippen LogP) is 4.72. The molecule has 2 aromatic heterocycles. The number of alkyl halides is 1. The van der Waals surface area contributed by atoms with Crippen LogP contribution in [0.4, 0.5) is 19.4 Å². The van der Waals surface area contributed by atoms with Crippen molar-refractivity contribution in [2.45, 2.75) is 68.6 Å². The number of rotatable bonds is 9. The van der Waals surface area contributed by atoms with Gasteiger partial charge in [-0.2, -0.15) is 9.97 Å². The minimum Gasteiger partial charge on any atom is -0.467 e. The fourth-order valence-corrected chi connectivity index (χ4v) is 8.66. The molecule has 5 atom stereocenters. The Morgan fingerprint density at radius 3 is 2.71 bits per heavy atom. The second kappa shape index (κ2) is 12.2. The Bertz CT molecular complexity index is 1850. The minimum absolute atomic E-state index is 0.0161. The molecule has 5 aliphatic rings. The van der Waals surface area contributed by atoms with Gasteiger partial charge in [-0.05, 0) is 68.2 Å². The molecule has 1 aliphatic carbocycles. The van der Waals surface area contributed by atoms with Crippen molar-refractivity contribution in [2.75, 3.05) is 51.6 Å². The molecule has 5 fully saturated rings. The fraction of sp³-hybridized carbons (Fsp3) is 0.559. The number of halogens is 3. The van der Waals surface area contributed by atoms with Crippen LogP contribution < -0.4 is 25.0 Å². The van der Waals surface area contributed by atoms with Gasteiger partial charge in [-0.15, -0.1) is 0 Å². The zero-order valence-electron chi connectivity index (χ0n) is 27.4. The Hall–Kier alpha value is -3.88. The molecule has 0 unspecified atom stereocenters. The van der Waals surface area contributed by atoms with E-state index in [0.29, 0.717) is 65.8 Å². The Morgan fingerprint density at radius 1 is 1.14 bits per heavy atom. The van der Waals surface area contributed by atoms with E-state index in [1.54, 1.807) is 12.1 Å². The number of anilines is 1. The lowest BCUT2D eigenvalue weighted by atomic mass is 9.89. The molecule has 4 saturated heterocycles. The molecular formula is C34H38ClF2N7O5. The third kappa shape index (κ3) is 5.61. The van der Waals surface area contributed by atoms with Gasteiger partial charge in [-0.3, -0.25) is 20.0 Å². The van der Waals surface area contributed by atoms with Crippen LogP contribution in [-0.4, -0.2) is 95.7 Å². The van der Waals surface area contributed by atoms with Crippen molar-refractivity contribution in [3.05, 3.63) is 34.7 Å². The summed E-state index contributed by atoms with van der Waals surface area (Å²) in [4.78, 5) is 43.0. The van der Waals surface area contributed by atoms with E-state index in [4.69, 9.17) is 30.8 Å². The highest BCUT2D eigenvalue weighted by molar-refractivity contribution is 6.32. The Kier molecular flexibility index (Phi) is 8.03. The molecule has 1 aromatic carbocycles.